The molecule has 6 nitrogen and oxygen atoms in total. The van der Waals surface area contributed by atoms with Crippen LogP contribution in [-0.2, 0) is 19.3 Å². The molecule has 0 amide bonds. The van der Waals surface area contributed by atoms with Gasteiger partial charge in [0.15, 0.2) is 5.58 Å². The van der Waals surface area contributed by atoms with Crippen LogP contribution in [-0.4, -0.2) is 39.1 Å². The fourth-order valence-corrected chi connectivity index (χ4v) is 3.50. The lowest BCUT2D eigenvalue weighted by molar-refractivity contribution is 0.211. The molecule has 2 aliphatic rings. The predicted molar refractivity (Wildman–Crippen MR) is 112 cm³/mol. The maximum atomic E-state index is 14.0. The highest BCUT2D eigenvalue weighted by molar-refractivity contribution is 5.79. The number of aryl methyl sites for hydroxylation is 2. The van der Waals surface area contributed by atoms with Crippen molar-refractivity contribution in [1.29, 1.82) is 0 Å². The van der Waals surface area contributed by atoms with Crippen molar-refractivity contribution in [2.24, 2.45) is 0 Å². The number of halogens is 1. The normalized spacial score (nSPS) is 33.8. The molecule has 158 valence electrons. The minimum absolute atomic E-state index is 0.00238. The highest BCUT2D eigenvalue weighted by Gasteiger charge is 2.25. The quantitative estimate of drug-likeness (QED) is 0.640. The maximum absolute atomic E-state index is 14.0. The second-order valence-corrected chi connectivity index (χ2v) is 6.96. The summed E-state index contributed by atoms with van der Waals surface area (Å²) in [5.74, 6) is -3.66. The minimum Gasteiger partial charge on any atom is -0.356 e. The van der Waals surface area contributed by atoms with Gasteiger partial charge >= 0.3 is 0 Å². The van der Waals surface area contributed by atoms with Crippen LogP contribution >= 0.6 is 0 Å². The third kappa shape index (κ3) is 3.55. The molecule has 0 radical (unpaired) electrons. The van der Waals surface area contributed by atoms with Gasteiger partial charge in [0.2, 0.25) is 0 Å². The Hall–Kier alpha value is -2.54. The first-order chi connectivity index (χ1) is 20.0. The number of benzene rings is 1. The van der Waals surface area contributed by atoms with Crippen LogP contribution in [0.2, 0.25) is 0 Å². The molecule has 0 spiro atoms. The zero-order valence-electron chi connectivity index (χ0n) is 29.8. The van der Waals surface area contributed by atoms with Crippen molar-refractivity contribution in [2.75, 3.05) is 19.5 Å². The fraction of sp³-hybridized carbons (Fsp3) is 0.522. The molecule has 2 aromatic heterocycles. The monoisotopic (exact) mass is 424 g/mol. The Morgan fingerprint density at radius 2 is 2.23 bits per heavy atom. The number of piperidine rings is 1. The molecular weight excluding hydrogens is 383 g/mol. The van der Waals surface area contributed by atoms with E-state index in [2.05, 4.69) is 10.1 Å². The average Bonchev–Trinajstić information content (AvgIpc) is 3.29. The summed E-state index contributed by atoms with van der Waals surface area (Å²) in [5.41, 5.74) is -3.17. The zero-order chi connectivity index (χ0) is 33.0. The Balaban J connectivity index is 1.61. The third-order valence-corrected chi connectivity index (χ3v) is 5.04. The molecule has 0 atom stereocenters. The van der Waals surface area contributed by atoms with Crippen molar-refractivity contribution in [3.63, 3.8) is 0 Å². The first-order valence-electron chi connectivity index (χ1n) is 16.5. The predicted octanol–water partition coefficient (Wildman–Crippen LogP) is 3.59. The van der Waals surface area contributed by atoms with Crippen LogP contribution in [0, 0.1) is 12.7 Å². The molecule has 0 saturated carbocycles. The van der Waals surface area contributed by atoms with E-state index in [1.54, 1.807) is 0 Å². The Morgan fingerprint density at radius 3 is 3.07 bits per heavy atom. The van der Waals surface area contributed by atoms with E-state index in [0.717, 1.165) is 16.7 Å². The van der Waals surface area contributed by atoms with Crippen LogP contribution in [0.15, 0.2) is 27.5 Å². The van der Waals surface area contributed by atoms with Gasteiger partial charge in [0.25, 0.3) is 5.56 Å². The van der Waals surface area contributed by atoms with Gasteiger partial charge in [-0.25, -0.2) is 9.37 Å². The topological polar surface area (TPSA) is 64.2 Å². The average molecular weight is 425 g/mol. The summed E-state index contributed by atoms with van der Waals surface area (Å²) >= 11 is 0. The molecule has 0 N–H and O–H groups in total. The summed E-state index contributed by atoms with van der Waals surface area (Å²) in [5, 5.41) is 3.42. The SMILES string of the molecule is [2H]c1c(F)ccc2c(C3C([2H])([2H])C([2H])([2H])N(CCc4c(C([2H])([2H])[2H])nc5n(c4=O)CCCC5([2H])[2H])C([2H])([2H])C3([2H])[2H])noc12. The smallest absolute Gasteiger partial charge is 0.256 e. The second-order valence-electron chi connectivity index (χ2n) is 6.96. The summed E-state index contributed by atoms with van der Waals surface area (Å²) in [6, 6.07) is 1.13. The number of likely N-dealkylation sites (tertiary alicyclic amines) is 1. The van der Waals surface area contributed by atoms with Crippen molar-refractivity contribution in [3.05, 3.63) is 57.1 Å². The molecule has 3 aromatic rings. The first-order valence-corrected chi connectivity index (χ1v) is 9.46. The number of hydrogen-bond donors (Lipinski definition) is 0. The molecule has 1 saturated heterocycles. The van der Waals surface area contributed by atoms with Gasteiger partial charge in [-0.05, 0) is 64.0 Å². The van der Waals surface area contributed by atoms with E-state index in [4.69, 9.17) is 23.7 Å². The van der Waals surface area contributed by atoms with Crippen LogP contribution in [0.4, 0.5) is 4.39 Å². The summed E-state index contributed by atoms with van der Waals surface area (Å²) in [4.78, 5) is 17.7. The largest absolute Gasteiger partial charge is 0.356 e. The lowest BCUT2D eigenvalue weighted by Gasteiger charge is -2.31. The molecule has 1 fully saturated rings. The molecule has 5 rings (SSSR count). The Labute approximate surface area is 194 Å². The van der Waals surface area contributed by atoms with Gasteiger partial charge in [-0.1, -0.05) is 5.16 Å². The number of hydrogen-bond acceptors (Lipinski definition) is 5. The van der Waals surface area contributed by atoms with Gasteiger partial charge in [-0.2, -0.15) is 0 Å². The fourth-order valence-electron chi connectivity index (χ4n) is 3.50. The van der Waals surface area contributed by atoms with Crippen LogP contribution in [0.5, 0.6) is 0 Å². The van der Waals surface area contributed by atoms with E-state index < -0.39 is 97.8 Å². The van der Waals surface area contributed by atoms with Crippen LogP contribution in [0.1, 0.15) is 73.5 Å². The molecule has 7 heteroatoms. The van der Waals surface area contributed by atoms with E-state index in [0.29, 0.717) is 0 Å². The van der Waals surface area contributed by atoms with Crippen molar-refractivity contribution in [1.82, 2.24) is 19.6 Å². The van der Waals surface area contributed by atoms with Gasteiger partial charge in [0.05, 0.1) is 7.06 Å². The van der Waals surface area contributed by atoms with Crippen molar-refractivity contribution < 1.29 is 28.1 Å². The van der Waals surface area contributed by atoms with Crippen LogP contribution in [0.3, 0.4) is 0 Å². The van der Waals surface area contributed by atoms with Crippen molar-refractivity contribution in [2.45, 2.75) is 57.7 Å². The Kier molecular flexibility index (Phi) is 2.46. The van der Waals surface area contributed by atoms with Gasteiger partial charge in [0.1, 0.15) is 11.6 Å². The molecule has 0 bridgehead atoms. The molecule has 2 aliphatic heterocycles. The first kappa shape index (κ1) is 9.30. The van der Waals surface area contributed by atoms with E-state index >= 15 is 0 Å². The van der Waals surface area contributed by atoms with E-state index in [1.807, 2.05) is 0 Å². The molecule has 4 heterocycles. The lowest BCUT2D eigenvalue weighted by atomic mass is 9.91. The zero-order valence-corrected chi connectivity index (χ0v) is 15.8. The number of rotatable bonds is 4. The van der Waals surface area contributed by atoms with E-state index in [9.17, 15) is 9.18 Å². The van der Waals surface area contributed by atoms with Gasteiger partial charge in [-0.15, -0.1) is 0 Å². The number of nitrogens with zero attached hydrogens (tertiary/aromatic N) is 4. The van der Waals surface area contributed by atoms with Crippen LogP contribution < -0.4 is 5.56 Å². The second kappa shape index (κ2) is 7.95. The summed E-state index contributed by atoms with van der Waals surface area (Å²) in [6.07, 6.45) is -9.08. The van der Waals surface area contributed by atoms with Crippen molar-refractivity contribution in [3.8, 4) is 0 Å². The standard InChI is InChI=1S/C23H27FN4O2/c1-15-18(23(29)28-10-3-2-4-21(28)25-15)9-13-27-11-7-16(8-12-27)22-19-6-5-17(24)14-20(19)30-26-22/h5-6,14,16H,2-4,7-13H2,1H3/i1D3,4D2,7D2,8D2,11D2,12D2,14D. The number of fused-ring (bicyclic) bond motifs is 2. The minimum atomic E-state index is -3.32. The van der Waals surface area contributed by atoms with Gasteiger partial charge < -0.3 is 9.42 Å². The van der Waals surface area contributed by atoms with Crippen molar-refractivity contribution >= 4 is 11.0 Å². The Morgan fingerprint density at radius 1 is 1.37 bits per heavy atom. The number of aromatic nitrogens is 3. The maximum Gasteiger partial charge on any atom is 0.256 e. The van der Waals surface area contributed by atoms with E-state index in [-0.39, 0.29) is 35.5 Å². The highest BCUT2D eigenvalue weighted by Crippen LogP contribution is 2.32. The van der Waals surface area contributed by atoms with Gasteiger partial charge in [0, 0.05) is 65.9 Å². The van der Waals surface area contributed by atoms with Crippen LogP contribution in [0.25, 0.3) is 11.0 Å². The summed E-state index contributed by atoms with van der Waals surface area (Å²) in [6.45, 7) is -10.5. The molecule has 0 aliphatic carbocycles. The highest BCUT2D eigenvalue weighted by atomic mass is 19.1. The molecule has 30 heavy (non-hydrogen) atoms. The lowest BCUT2D eigenvalue weighted by Crippen LogP contribution is -2.37. The molecule has 0 unspecified atom stereocenters. The summed E-state index contributed by atoms with van der Waals surface area (Å²) in [7, 11) is 0. The third-order valence-electron chi connectivity index (χ3n) is 5.04. The van der Waals surface area contributed by atoms with E-state index in [1.165, 1.54) is 0 Å². The van der Waals surface area contributed by atoms with Gasteiger partial charge in [-0.3, -0.25) is 9.36 Å². The molecular formula is C23H27FN4O2. The summed E-state index contributed by atoms with van der Waals surface area (Å²) < 4.78 is 138. The Bertz CT molecular complexity index is 1670. The molecule has 1 aromatic carbocycles.